The molecular formula is C26H25NO4. The fourth-order valence-electron chi connectivity index (χ4n) is 4.24. The molecule has 0 spiro atoms. The Balaban J connectivity index is 1.45. The molecule has 0 saturated heterocycles. The van der Waals surface area contributed by atoms with Gasteiger partial charge in [-0.05, 0) is 52.8 Å². The molecule has 3 aromatic carbocycles. The summed E-state index contributed by atoms with van der Waals surface area (Å²) in [5, 5.41) is 12.1. The van der Waals surface area contributed by atoms with Gasteiger partial charge in [0.05, 0.1) is 0 Å². The second-order valence-corrected chi connectivity index (χ2v) is 7.92. The van der Waals surface area contributed by atoms with E-state index in [9.17, 15) is 14.7 Å². The smallest absolute Gasteiger partial charge is 0.407 e. The average Bonchev–Trinajstić information content (AvgIpc) is 3.08. The average molecular weight is 415 g/mol. The van der Waals surface area contributed by atoms with Crippen LogP contribution in [0.15, 0.2) is 66.7 Å². The van der Waals surface area contributed by atoms with Crippen LogP contribution >= 0.6 is 0 Å². The number of rotatable bonds is 6. The quantitative estimate of drug-likeness (QED) is 0.604. The molecule has 4 rings (SSSR count). The van der Waals surface area contributed by atoms with E-state index in [2.05, 4.69) is 17.4 Å². The number of carboxylic acid groups (broad SMARTS) is 1. The number of nitrogens with one attached hydrogen (secondary N) is 1. The van der Waals surface area contributed by atoms with Gasteiger partial charge in [0.1, 0.15) is 12.6 Å². The van der Waals surface area contributed by atoms with Crippen molar-refractivity contribution in [3.63, 3.8) is 0 Å². The number of aryl methyl sites for hydroxylation is 1. The van der Waals surface area contributed by atoms with E-state index in [0.717, 1.165) is 38.9 Å². The minimum absolute atomic E-state index is 0.0690. The lowest BCUT2D eigenvalue weighted by Crippen LogP contribution is -2.43. The maximum Gasteiger partial charge on any atom is 0.407 e. The van der Waals surface area contributed by atoms with E-state index < -0.39 is 18.1 Å². The standard InChI is InChI=1S/C26H25NO4/c1-16-8-7-9-18(17(16)2)14-24(25(28)29)27-26(30)31-15-23-21-12-5-3-10-19(21)20-11-4-6-13-22(20)23/h3-13,23-24H,14-15H2,1-2H3,(H,27,30)(H,28,29)/t24-/m0/s1. The number of aliphatic carboxylic acids is 1. The van der Waals surface area contributed by atoms with Crippen molar-refractivity contribution in [2.45, 2.75) is 32.2 Å². The van der Waals surface area contributed by atoms with Gasteiger partial charge in [-0.3, -0.25) is 0 Å². The van der Waals surface area contributed by atoms with Crippen LogP contribution in [0.2, 0.25) is 0 Å². The highest BCUT2D eigenvalue weighted by atomic mass is 16.5. The molecule has 31 heavy (non-hydrogen) atoms. The number of hydrogen-bond acceptors (Lipinski definition) is 3. The zero-order valence-corrected chi connectivity index (χ0v) is 17.6. The van der Waals surface area contributed by atoms with Crippen molar-refractivity contribution >= 4 is 12.1 Å². The van der Waals surface area contributed by atoms with Crippen LogP contribution in [0.3, 0.4) is 0 Å². The van der Waals surface area contributed by atoms with E-state index in [-0.39, 0.29) is 18.9 Å². The molecule has 0 aliphatic heterocycles. The van der Waals surface area contributed by atoms with Gasteiger partial charge < -0.3 is 15.2 Å². The number of benzene rings is 3. The van der Waals surface area contributed by atoms with E-state index >= 15 is 0 Å². The van der Waals surface area contributed by atoms with Crippen molar-refractivity contribution in [1.29, 1.82) is 0 Å². The molecule has 0 saturated carbocycles. The number of carboxylic acids is 1. The first-order valence-corrected chi connectivity index (χ1v) is 10.3. The summed E-state index contributed by atoms with van der Waals surface area (Å²) in [5.41, 5.74) is 7.52. The second kappa shape index (κ2) is 8.64. The Hall–Kier alpha value is -3.60. The molecule has 1 atom stereocenters. The largest absolute Gasteiger partial charge is 0.480 e. The normalized spacial score (nSPS) is 13.2. The van der Waals surface area contributed by atoms with Crippen LogP contribution in [-0.2, 0) is 16.0 Å². The van der Waals surface area contributed by atoms with Gasteiger partial charge in [0.15, 0.2) is 0 Å². The molecule has 2 N–H and O–H groups in total. The van der Waals surface area contributed by atoms with E-state index in [4.69, 9.17) is 4.74 Å². The zero-order chi connectivity index (χ0) is 22.0. The summed E-state index contributed by atoms with van der Waals surface area (Å²) in [5.74, 6) is -1.16. The van der Waals surface area contributed by atoms with E-state index in [1.807, 2.05) is 68.4 Å². The predicted octanol–water partition coefficient (Wildman–Crippen LogP) is 4.84. The Labute approximate surface area is 181 Å². The lowest BCUT2D eigenvalue weighted by molar-refractivity contribution is -0.139. The minimum Gasteiger partial charge on any atom is -0.480 e. The van der Waals surface area contributed by atoms with Gasteiger partial charge in [0, 0.05) is 12.3 Å². The van der Waals surface area contributed by atoms with Crippen LogP contribution < -0.4 is 5.32 Å². The summed E-state index contributed by atoms with van der Waals surface area (Å²) < 4.78 is 5.50. The molecule has 3 aromatic rings. The minimum atomic E-state index is -1.09. The Morgan fingerprint density at radius 3 is 2.16 bits per heavy atom. The first-order chi connectivity index (χ1) is 15.0. The molecule has 5 heteroatoms. The lowest BCUT2D eigenvalue weighted by Gasteiger charge is -2.18. The van der Waals surface area contributed by atoms with Crippen LogP contribution in [0.1, 0.15) is 33.7 Å². The number of hydrogen-bond donors (Lipinski definition) is 2. The molecule has 1 aliphatic carbocycles. The van der Waals surface area contributed by atoms with Crippen LogP contribution in [-0.4, -0.2) is 29.8 Å². The Kier molecular flexibility index (Phi) is 5.76. The second-order valence-electron chi connectivity index (χ2n) is 7.92. The first-order valence-electron chi connectivity index (χ1n) is 10.3. The van der Waals surface area contributed by atoms with Gasteiger partial charge in [0.2, 0.25) is 0 Å². The van der Waals surface area contributed by atoms with Crippen LogP contribution in [0.5, 0.6) is 0 Å². The van der Waals surface area contributed by atoms with Crippen LogP contribution in [0, 0.1) is 13.8 Å². The maximum absolute atomic E-state index is 12.5. The molecular weight excluding hydrogens is 390 g/mol. The molecule has 0 aromatic heterocycles. The molecule has 1 aliphatic rings. The number of ether oxygens (including phenoxy) is 1. The number of fused-ring (bicyclic) bond motifs is 3. The van der Waals surface area contributed by atoms with Gasteiger partial charge >= 0.3 is 12.1 Å². The van der Waals surface area contributed by atoms with E-state index in [1.54, 1.807) is 0 Å². The third kappa shape index (κ3) is 4.17. The fraction of sp³-hybridized carbons (Fsp3) is 0.231. The molecule has 0 radical (unpaired) electrons. The molecule has 0 fully saturated rings. The Morgan fingerprint density at radius 1 is 0.935 bits per heavy atom. The summed E-state index contributed by atoms with van der Waals surface area (Å²) in [4.78, 5) is 24.2. The highest BCUT2D eigenvalue weighted by molar-refractivity contribution is 5.81. The summed E-state index contributed by atoms with van der Waals surface area (Å²) in [6, 6.07) is 20.9. The fourth-order valence-corrected chi connectivity index (χ4v) is 4.24. The number of carbonyl (C=O) groups is 2. The third-order valence-corrected chi connectivity index (χ3v) is 6.07. The van der Waals surface area contributed by atoms with E-state index in [1.165, 1.54) is 0 Å². The van der Waals surface area contributed by atoms with Gasteiger partial charge in [-0.25, -0.2) is 9.59 Å². The zero-order valence-electron chi connectivity index (χ0n) is 17.6. The van der Waals surface area contributed by atoms with Crippen molar-refractivity contribution in [2.75, 3.05) is 6.61 Å². The Morgan fingerprint density at radius 2 is 1.55 bits per heavy atom. The van der Waals surface area contributed by atoms with Gasteiger partial charge in [-0.2, -0.15) is 0 Å². The van der Waals surface area contributed by atoms with Crippen molar-refractivity contribution < 1.29 is 19.4 Å². The summed E-state index contributed by atoms with van der Waals surface area (Å²) in [6.07, 6.45) is -0.521. The van der Waals surface area contributed by atoms with Gasteiger partial charge in [-0.1, -0.05) is 66.7 Å². The molecule has 158 valence electrons. The highest BCUT2D eigenvalue weighted by Crippen LogP contribution is 2.44. The molecule has 5 nitrogen and oxygen atoms in total. The Bertz CT molecular complexity index is 1090. The number of carbonyl (C=O) groups excluding carboxylic acids is 1. The summed E-state index contributed by atoms with van der Waals surface area (Å²) in [6.45, 7) is 4.08. The van der Waals surface area contributed by atoms with Crippen LogP contribution in [0.4, 0.5) is 4.79 Å². The molecule has 0 heterocycles. The van der Waals surface area contributed by atoms with Crippen molar-refractivity contribution in [3.05, 3.63) is 94.5 Å². The topological polar surface area (TPSA) is 75.6 Å². The molecule has 1 amide bonds. The predicted molar refractivity (Wildman–Crippen MR) is 119 cm³/mol. The lowest BCUT2D eigenvalue weighted by atomic mass is 9.97. The SMILES string of the molecule is Cc1cccc(C[C@H](NC(=O)OCC2c3ccccc3-c3ccccc32)C(=O)O)c1C. The van der Waals surface area contributed by atoms with Gasteiger partial charge in [-0.15, -0.1) is 0 Å². The number of alkyl carbamates (subject to hydrolysis) is 1. The maximum atomic E-state index is 12.5. The summed E-state index contributed by atoms with van der Waals surface area (Å²) in [7, 11) is 0. The van der Waals surface area contributed by atoms with Gasteiger partial charge in [0.25, 0.3) is 0 Å². The van der Waals surface area contributed by atoms with E-state index in [0.29, 0.717) is 0 Å². The first kappa shape index (κ1) is 20.7. The van der Waals surface area contributed by atoms with Crippen LogP contribution in [0.25, 0.3) is 11.1 Å². The third-order valence-electron chi connectivity index (χ3n) is 6.07. The number of amides is 1. The van der Waals surface area contributed by atoms with Crippen molar-refractivity contribution in [1.82, 2.24) is 5.32 Å². The van der Waals surface area contributed by atoms with Crippen molar-refractivity contribution in [3.8, 4) is 11.1 Å². The van der Waals surface area contributed by atoms with Crippen molar-refractivity contribution in [2.24, 2.45) is 0 Å². The molecule has 0 unspecified atom stereocenters. The summed E-state index contributed by atoms with van der Waals surface area (Å²) >= 11 is 0. The molecule has 0 bridgehead atoms. The monoisotopic (exact) mass is 415 g/mol. The highest BCUT2D eigenvalue weighted by Gasteiger charge is 2.29.